The number of benzene rings is 2. The number of tetrazole rings is 1. The molecule has 0 saturated heterocycles. The number of nitrogens with zero attached hydrogens (tertiary/aromatic N) is 4. The van der Waals surface area contributed by atoms with E-state index in [0.29, 0.717) is 4.77 Å². The van der Waals surface area contributed by atoms with Gasteiger partial charge in [0, 0.05) is 12.0 Å². The Balaban J connectivity index is 1.57. The van der Waals surface area contributed by atoms with Gasteiger partial charge in [-0.25, -0.2) is 0 Å². The summed E-state index contributed by atoms with van der Waals surface area (Å²) in [5.41, 5.74) is 6.28. The Morgan fingerprint density at radius 1 is 1.08 bits per heavy atom. The van der Waals surface area contributed by atoms with Crippen molar-refractivity contribution in [3.8, 4) is 5.69 Å². The van der Waals surface area contributed by atoms with Crippen LogP contribution < -0.4 is 4.90 Å². The van der Waals surface area contributed by atoms with Gasteiger partial charge in [0.15, 0.2) is 6.67 Å². The van der Waals surface area contributed by atoms with Crippen molar-refractivity contribution in [2.45, 2.75) is 33.5 Å². The van der Waals surface area contributed by atoms with Crippen LogP contribution in [0.5, 0.6) is 0 Å². The molecule has 2 aromatic carbocycles. The SMILES string of the molecule is Cc1ccc(-n2nnn(C[NH+]3CCc4ccccc4C3)c2=S)c(C)c1. The first-order valence-corrected chi connectivity index (χ1v) is 9.03. The van der Waals surface area contributed by atoms with Crippen LogP contribution in [0.3, 0.4) is 0 Å². The summed E-state index contributed by atoms with van der Waals surface area (Å²) < 4.78 is 4.26. The molecule has 0 bridgehead atoms. The lowest BCUT2D eigenvalue weighted by Gasteiger charge is -2.25. The summed E-state index contributed by atoms with van der Waals surface area (Å²) in [6.45, 7) is 7.02. The second kappa shape index (κ2) is 6.54. The highest BCUT2D eigenvalue weighted by Gasteiger charge is 2.20. The number of rotatable bonds is 3. The van der Waals surface area contributed by atoms with Gasteiger partial charge in [-0.05, 0) is 53.7 Å². The van der Waals surface area contributed by atoms with Crippen molar-refractivity contribution in [2.24, 2.45) is 0 Å². The number of nitrogens with one attached hydrogen (secondary N) is 1. The summed E-state index contributed by atoms with van der Waals surface area (Å²) in [5.74, 6) is 0. The van der Waals surface area contributed by atoms with Gasteiger partial charge in [0.25, 0.3) is 0 Å². The fraction of sp³-hybridized carbons (Fsp3) is 0.316. The molecule has 5 nitrogen and oxygen atoms in total. The molecule has 3 aromatic rings. The maximum absolute atomic E-state index is 5.63. The van der Waals surface area contributed by atoms with Crippen LogP contribution in [0.1, 0.15) is 22.3 Å². The summed E-state index contributed by atoms with van der Waals surface area (Å²) in [4.78, 5) is 1.46. The normalized spacial score (nSPS) is 16.6. The summed E-state index contributed by atoms with van der Waals surface area (Å²) in [6.07, 6.45) is 1.10. The monoisotopic (exact) mass is 352 g/mol. The van der Waals surface area contributed by atoms with Crippen LogP contribution >= 0.6 is 12.2 Å². The minimum atomic E-state index is 0.651. The van der Waals surface area contributed by atoms with Crippen molar-refractivity contribution in [3.05, 3.63) is 69.5 Å². The fourth-order valence-electron chi connectivity index (χ4n) is 3.56. The van der Waals surface area contributed by atoms with E-state index in [1.54, 1.807) is 4.68 Å². The van der Waals surface area contributed by atoms with Crippen LogP contribution in [0.4, 0.5) is 0 Å². The van der Waals surface area contributed by atoms with Gasteiger partial charge in [0.2, 0.25) is 4.77 Å². The zero-order valence-electron chi connectivity index (χ0n) is 14.6. The third kappa shape index (κ3) is 3.15. The molecule has 1 aliphatic heterocycles. The lowest BCUT2D eigenvalue weighted by Crippen LogP contribution is -3.11. The standard InChI is InChI=1S/C19H21N5S/c1-14-7-8-18(15(2)11-14)24-19(25)23(20-21-24)13-22-10-9-16-5-3-4-6-17(16)12-22/h3-8,11H,9-10,12-13H2,1-2H3/p+1. The molecule has 0 radical (unpaired) electrons. The first kappa shape index (κ1) is 16.2. The third-order valence-electron chi connectivity index (χ3n) is 4.90. The highest BCUT2D eigenvalue weighted by molar-refractivity contribution is 7.71. The zero-order valence-corrected chi connectivity index (χ0v) is 15.4. The molecule has 0 saturated carbocycles. The molecule has 1 atom stereocenters. The van der Waals surface area contributed by atoms with Crippen molar-refractivity contribution in [1.82, 2.24) is 19.8 Å². The number of hydrogen-bond acceptors (Lipinski definition) is 3. The van der Waals surface area contributed by atoms with E-state index in [9.17, 15) is 0 Å². The number of quaternary nitrogens is 1. The van der Waals surface area contributed by atoms with Crippen LogP contribution in [-0.2, 0) is 19.6 Å². The molecule has 1 unspecified atom stereocenters. The Morgan fingerprint density at radius 3 is 2.68 bits per heavy atom. The van der Waals surface area contributed by atoms with E-state index in [1.165, 1.54) is 21.6 Å². The molecule has 0 fully saturated rings. The molecule has 2 heterocycles. The molecule has 0 aliphatic carbocycles. The quantitative estimate of drug-likeness (QED) is 0.733. The first-order valence-electron chi connectivity index (χ1n) is 8.62. The summed E-state index contributed by atoms with van der Waals surface area (Å²) >= 11 is 5.63. The average Bonchev–Trinajstić information content (AvgIpc) is 2.96. The molecule has 0 amide bonds. The predicted molar refractivity (Wildman–Crippen MR) is 99.3 cm³/mol. The summed E-state index contributed by atoms with van der Waals surface area (Å²) in [5, 5.41) is 8.61. The lowest BCUT2D eigenvalue weighted by atomic mass is 10.0. The fourth-order valence-corrected chi connectivity index (χ4v) is 3.79. The molecule has 128 valence electrons. The average molecular weight is 352 g/mol. The van der Waals surface area contributed by atoms with Crippen molar-refractivity contribution >= 4 is 12.2 Å². The van der Waals surface area contributed by atoms with Gasteiger partial charge in [-0.15, -0.1) is 0 Å². The molecule has 4 rings (SSSR count). The Bertz CT molecular complexity index is 972. The van der Waals surface area contributed by atoms with E-state index >= 15 is 0 Å². The third-order valence-corrected chi connectivity index (χ3v) is 5.28. The Hall–Kier alpha value is -2.31. The predicted octanol–water partition coefficient (Wildman–Crippen LogP) is 2.01. The van der Waals surface area contributed by atoms with Gasteiger partial charge in [-0.2, -0.15) is 9.36 Å². The van der Waals surface area contributed by atoms with E-state index < -0.39 is 0 Å². The first-order chi connectivity index (χ1) is 12.1. The van der Waals surface area contributed by atoms with Crippen molar-refractivity contribution in [1.29, 1.82) is 0 Å². The van der Waals surface area contributed by atoms with Gasteiger partial charge < -0.3 is 4.90 Å². The van der Waals surface area contributed by atoms with E-state index in [0.717, 1.165) is 37.4 Å². The van der Waals surface area contributed by atoms with Crippen molar-refractivity contribution in [2.75, 3.05) is 6.54 Å². The van der Waals surface area contributed by atoms with Gasteiger partial charge in [-0.1, -0.05) is 42.0 Å². The maximum Gasteiger partial charge on any atom is 0.225 e. The highest BCUT2D eigenvalue weighted by Crippen LogP contribution is 2.15. The summed E-state index contributed by atoms with van der Waals surface area (Å²) in [6, 6.07) is 15.0. The second-order valence-electron chi connectivity index (χ2n) is 6.82. The molecule has 6 heteroatoms. The number of fused-ring (bicyclic) bond motifs is 1. The number of aromatic nitrogens is 4. The molecule has 1 aliphatic rings. The van der Waals surface area contributed by atoms with Gasteiger partial charge in [0.05, 0.1) is 12.2 Å². The van der Waals surface area contributed by atoms with Gasteiger partial charge in [0.1, 0.15) is 6.54 Å². The Labute approximate surface area is 152 Å². The Morgan fingerprint density at radius 2 is 1.88 bits per heavy atom. The van der Waals surface area contributed by atoms with Crippen LogP contribution in [-0.4, -0.2) is 26.3 Å². The molecular weight excluding hydrogens is 330 g/mol. The van der Waals surface area contributed by atoms with Crippen LogP contribution in [0.2, 0.25) is 0 Å². The second-order valence-corrected chi connectivity index (χ2v) is 7.18. The van der Waals surface area contributed by atoms with E-state index in [-0.39, 0.29) is 0 Å². The van der Waals surface area contributed by atoms with E-state index in [2.05, 4.69) is 66.7 Å². The lowest BCUT2D eigenvalue weighted by molar-refractivity contribution is -0.939. The van der Waals surface area contributed by atoms with Crippen LogP contribution in [0.25, 0.3) is 5.69 Å². The van der Waals surface area contributed by atoms with E-state index in [4.69, 9.17) is 12.2 Å². The Kier molecular flexibility index (Phi) is 4.23. The largest absolute Gasteiger partial charge is 0.312 e. The highest BCUT2D eigenvalue weighted by atomic mass is 32.1. The van der Waals surface area contributed by atoms with Crippen molar-refractivity contribution in [3.63, 3.8) is 0 Å². The van der Waals surface area contributed by atoms with E-state index in [1.807, 2.05) is 4.68 Å². The summed E-state index contributed by atoms with van der Waals surface area (Å²) in [7, 11) is 0. The molecular formula is C19H22N5S+. The van der Waals surface area contributed by atoms with Gasteiger partial charge >= 0.3 is 0 Å². The molecule has 0 spiro atoms. The maximum atomic E-state index is 5.63. The zero-order chi connectivity index (χ0) is 17.4. The van der Waals surface area contributed by atoms with Gasteiger partial charge in [-0.3, -0.25) is 0 Å². The molecule has 1 aromatic heterocycles. The number of hydrogen-bond donors (Lipinski definition) is 1. The number of aryl methyl sites for hydroxylation is 2. The van der Waals surface area contributed by atoms with Crippen molar-refractivity contribution < 1.29 is 4.90 Å². The topological polar surface area (TPSA) is 40.1 Å². The minimum absolute atomic E-state index is 0.651. The van der Waals surface area contributed by atoms with Crippen LogP contribution in [0, 0.1) is 18.6 Å². The smallest absolute Gasteiger partial charge is 0.225 e. The molecule has 25 heavy (non-hydrogen) atoms. The minimum Gasteiger partial charge on any atom is -0.312 e. The molecule has 1 N–H and O–H groups in total. The van der Waals surface area contributed by atoms with Crippen LogP contribution in [0.15, 0.2) is 42.5 Å².